The summed E-state index contributed by atoms with van der Waals surface area (Å²) < 4.78 is 7.04. The second-order valence-electron chi connectivity index (χ2n) is 7.71. The van der Waals surface area contributed by atoms with Crippen LogP contribution in [0.3, 0.4) is 0 Å². The number of benzene rings is 3. The molecule has 0 bridgehead atoms. The predicted molar refractivity (Wildman–Crippen MR) is 123 cm³/mol. The molecule has 5 nitrogen and oxygen atoms in total. The van der Waals surface area contributed by atoms with Crippen molar-refractivity contribution in [3.8, 4) is 17.0 Å². The summed E-state index contributed by atoms with van der Waals surface area (Å²) >= 11 is 0. The third kappa shape index (κ3) is 4.67. The average molecular weight is 415 g/mol. The molecule has 0 aliphatic heterocycles. The van der Waals surface area contributed by atoms with Crippen LogP contribution in [0.2, 0.25) is 0 Å². The largest absolute Gasteiger partial charge is 0.491 e. The zero-order chi connectivity index (χ0) is 21.8. The SMILES string of the molecule is CCc1ccc(OCC(O)Cn2nc(-c3ccc(C)cc3)c3ccccc3c2=O)cc1. The van der Waals surface area contributed by atoms with E-state index in [9.17, 15) is 9.90 Å². The Hall–Kier alpha value is -3.44. The van der Waals surface area contributed by atoms with Gasteiger partial charge in [-0.1, -0.05) is 67.1 Å². The molecule has 5 heteroatoms. The Balaban J connectivity index is 1.60. The first-order valence-corrected chi connectivity index (χ1v) is 10.5. The third-order valence-corrected chi connectivity index (χ3v) is 5.35. The molecule has 1 atom stereocenters. The molecule has 0 aliphatic carbocycles. The van der Waals surface area contributed by atoms with E-state index in [1.165, 1.54) is 10.2 Å². The number of hydrogen-bond donors (Lipinski definition) is 1. The molecule has 0 fully saturated rings. The number of rotatable bonds is 7. The maximum atomic E-state index is 13.0. The van der Waals surface area contributed by atoms with Crippen LogP contribution in [-0.2, 0) is 13.0 Å². The van der Waals surface area contributed by atoms with Gasteiger partial charge in [0, 0.05) is 10.9 Å². The second kappa shape index (κ2) is 9.14. The highest BCUT2D eigenvalue weighted by Gasteiger charge is 2.15. The molecule has 0 radical (unpaired) electrons. The Morgan fingerprint density at radius 2 is 1.65 bits per heavy atom. The van der Waals surface area contributed by atoms with Crippen LogP contribution < -0.4 is 10.3 Å². The summed E-state index contributed by atoms with van der Waals surface area (Å²) in [7, 11) is 0. The Labute approximate surface area is 181 Å². The van der Waals surface area contributed by atoms with Crippen LogP contribution in [-0.4, -0.2) is 27.6 Å². The first kappa shape index (κ1) is 20.8. The predicted octanol–water partition coefficient (Wildman–Crippen LogP) is 4.37. The van der Waals surface area contributed by atoms with Gasteiger partial charge in [-0.15, -0.1) is 0 Å². The highest BCUT2D eigenvalue weighted by molar-refractivity contribution is 5.93. The minimum Gasteiger partial charge on any atom is -0.491 e. The molecule has 31 heavy (non-hydrogen) atoms. The molecule has 0 aliphatic rings. The number of aliphatic hydroxyl groups is 1. The lowest BCUT2D eigenvalue weighted by Gasteiger charge is -2.16. The van der Waals surface area contributed by atoms with Gasteiger partial charge in [0.15, 0.2) is 0 Å². The molecule has 1 N–H and O–H groups in total. The zero-order valence-electron chi connectivity index (χ0n) is 17.8. The van der Waals surface area contributed by atoms with Gasteiger partial charge in [-0.25, -0.2) is 4.68 Å². The molecule has 1 aromatic heterocycles. The molecular weight excluding hydrogens is 388 g/mol. The molecular formula is C26H26N2O3. The van der Waals surface area contributed by atoms with Gasteiger partial charge >= 0.3 is 0 Å². The Morgan fingerprint density at radius 1 is 0.968 bits per heavy atom. The van der Waals surface area contributed by atoms with Crippen molar-refractivity contribution in [2.24, 2.45) is 0 Å². The smallest absolute Gasteiger partial charge is 0.274 e. The molecule has 0 amide bonds. The van der Waals surface area contributed by atoms with Crippen LogP contribution in [0.5, 0.6) is 5.75 Å². The first-order chi connectivity index (χ1) is 15.0. The van der Waals surface area contributed by atoms with E-state index in [1.807, 2.05) is 73.7 Å². The summed E-state index contributed by atoms with van der Waals surface area (Å²) in [6.45, 7) is 4.25. The molecule has 0 spiro atoms. The number of aliphatic hydroxyl groups excluding tert-OH is 1. The van der Waals surface area contributed by atoms with Gasteiger partial charge in [0.25, 0.3) is 5.56 Å². The lowest BCUT2D eigenvalue weighted by atomic mass is 10.0. The van der Waals surface area contributed by atoms with Gasteiger partial charge in [0.05, 0.1) is 17.6 Å². The lowest BCUT2D eigenvalue weighted by molar-refractivity contribution is 0.0882. The lowest BCUT2D eigenvalue weighted by Crippen LogP contribution is -2.32. The van der Waals surface area contributed by atoms with Gasteiger partial charge < -0.3 is 9.84 Å². The van der Waals surface area contributed by atoms with Gasteiger partial charge in [-0.2, -0.15) is 5.10 Å². The Kier molecular flexibility index (Phi) is 6.14. The fraction of sp³-hybridized carbons (Fsp3) is 0.231. The summed E-state index contributed by atoms with van der Waals surface area (Å²) in [5, 5.41) is 16.5. The van der Waals surface area contributed by atoms with E-state index in [-0.39, 0.29) is 18.7 Å². The summed E-state index contributed by atoms with van der Waals surface area (Å²) in [6.07, 6.45) is 0.0889. The van der Waals surface area contributed by atoms with E-state index in [2.05, 4.69) is 12.0 Å². The topological polar surface area (TPSA) is 64.3 Å². The van der Waals surface area contributed by atoms with Crippen molar-refractivity contribution in [1.29, 1.82) is 0 Å². The molecule has 158 valence electrons. The molecule has 0 saturated carbocycles. The van der Waals surface area contributed by atoms with E-state index >= 15 is 0 Å². The van der Waals surface area contributed by atoms with E-state index in [1.54, 1.807) is 6.07 Å². The summed E-state index contributed by atoms with van der Waals surface area (Å²) in [5.41, 5.74) is 3.80. The summed E-state index contributed by atoms with van der Waals surface area (Å²) in [4.78, 5) is 13.0. The van der Waals surface area contributed by atoms with Crippen LogP contribution >= 0.6 is 0 Å². The van der Waals surface area contributed by atoms with Crippen LogP contribution in [0.4, 0.5) is 0 Å². The minimum atomic E-state index is -0.872. The monoisotopic (exact) mass is 414 g/mol. The van der Waals surface area contributed by atoms with Gasteiger partial charge in [-0.3, -0.25) is 4.79 Å². The first-order valence-electron chi connectivity index (χ1n) is 10.5. The molecule has 0 saturated heterocycles. The van der Waals surface area contributed by atoms with E-state index < -0.39 is 6.10 Å². The third-order valence-electron chi connectivity index (χ3n) is 5.35. The summed E-state index contributed by atoms with van der Waals surface area (Å²) in [5.74, 6) is 0.690. The maximum absolute atomic E-state index is 13.0. The molecule has 4 aromatic rings. The van der Waals surface area contributed by atoms with Gasteiger partial charge in [-0.05, 0) is 37.1 Å². The van der Waals surface area contributed by atoms with Crippen molar-refractivity contribution in [1.82, 2.24) is 9.78 Å². The number of aryl methyl sites for hydroxylation is 2. The number of aromatic nitrogens is 2. The molecule has 3 aromatic carbocycles. The van der Waals surface area contributed by atoms with Crippen molar-refractivity contribution < 1.29 is 9.84 Å². The van der Waals surface area contributed by atoms with Crippen LogP contribution in [0.15, 0.2) is 77.6 Å². The summed E-state index contributed by atoms with van der Waals surface area (Å²) in [6, 6.07) is 23.3. The van der Waals surface area contributed by atoms with Crippen molar-refractivity contribution in [2.75, 3.05) is 6.61 Å². The highest BCUT2D eigenvalue weighted by atomic mass is 16.5. The highest BCUT2D eigenvalue weighted by Crippen LogP contribution is 2.25. The van der Waals surface area contributed by atoms with E-state index in [4.69, 9.17) is 4.74 Å². The standard InChI is InChI=1S/C26H26N2O3/c1-3-19-10-14-22(15-11-19)31-17-21(29)16-28-26(30)24-7-5-4-6-23(24)25(27-28)20-12-8-18(2)9-13-20/h4-15,21,29H,3,16-17H2,1-2H3. The van der Waals surface area contributed by atoms with E-state index in [0.717, 1.165) is 28.6 Å². The van der Waals surface area contributed by atoms with Crippen LogP contribution in [0.25, 0.3) is 22.0 Å². The second-order valence-corrected chi connectivity index (χ2v) is 7.71. The molecule has 4 rings (SSSR count). The van der Waals surface area contributed by atoms with Crippen LogP contribution in [0, 0.1) is 6.92 Å². The maximum Gasteiger partial charge on any atom is 0.274 e. The fourth-order valence-electron chi connectivity index (χ4n) is 3.55. The number of hydrogen-bond acceptors (Lipinski definition) is 4. The quantitative estimate of drug-likeness (QED) is 0.488. The number of ether oxygens (including phenoxy) is 1. The minimum absolute atomic E-state index is 0.0512. The van der Waals surface area contributed by atoms with Gasteiger partial charge in [0.1, 0.15) is 18.5 Å². The van der Waals surface area contributed by atoms with Crippen molar-refractivity contribution in [2.45, 2.75) is 32.9 Å². The molecule has 1 heterocycles. The average Bonchev–Trinajstić information content (AvgIpc) is 2.80. The van der Waals surface area contributed by atoms with Gasteiger partial charge in [0.2, 0.25) is 0 Å². The zero-order valence-corrected chi connectivity index (χ0v) is 17.8. The fourth-order valence-corrected chi connectivity index (χ4v) is 3.55. The number of fused-ring (bicyclic) bond motifs is 1. The van der Waals surface area contributed by atoms with Crippen LogP contribution in [0.1, 0.15) is 18.1 Å². The van der Waals surface area contributed by atoms with E-state index in [0.29, 0.717) is 11.1 Å². The van der Waals surface area contributed by atoms with Crippen molar-refractivity contribution in [3.63, 3.8) is 0 Å². The van der Waals surface area contributed by atoms with Crippen molar-refractivity contribution in [3.05, 3.63) is 94.3 Å². The molecule has 1 unspecified atom stereocenters. The Morgan fingerprint density at radius 3 is 2.32 bits per heavy atom. The number of nitrogens with zero attached hydrogens (tertiary/aromatic N) is 2. The van der Waals surface area contributed by atoms with Crippen molar-refractivity contribution >= 4 is 10.8 Å². The normalized spacial score (nSPS) is 12.1. The Bertz CT molecular complexity index is 1230.